The second-order valence-corrected chi connectivity index (χ2v) is 10.7. The van der Waals surface area contributed by atoms with Gasteiger partial charge in [-0.05, 0) is 50.5 Å². The fourth-order valence-electron chi connectivity index (χ4n) is 6.25. The van der Waals surface area contributed by atoms with Gasteiger partial charge in [0.2, 0.25) is 0 Å². The third-order valence-electron chi connectivity index (χ3n) is 8.19. The molecular formula is C38H22N4O. The van der Waals surface area contributed by atoms with Crippen molar-refractivity contribution in [3.63, 3.8) is 0 Å². The van der Waals surface area contributed by atoms with Gasteiger partial charge in [0.1, 0.15) is 11.2 Å². The SMILES string of the molecule is c1ccc(-c2nc(-c3cc4ccc5ccccc5c4c4ccccc34)nc(-c3cccc4oc5ccncc5c34)n2)cc1. The van der Waals surface area contributed by atoms with Crippen molar-refractivity contribution in [1.29, 1.82) is 0 Å². The highest BCUT2D eigenvalue weighted by molar-refractivity contribution is 6.23. The zero-order valence-electron chi connectivity index (χ0n) is 22.9. The zero-order valence-corrected chi connectivity index (χ0v) is 22.9. The van der Waals surface area contributed by atoms with Crippen molar-refractivity contribution in [1.82, 2.24) is 19.9 Å². The standard InChI is InChI=1S/C38H22N4O/c1-2-10-24(11-3-1)36-40-37(29-15-8-16-33-35(29)31-22-39-20-19-32(31)43-33)42-38(41-36)30-21-25-18-17-23-9-4-5-12-26(23)34(25)28-14-7-6-13-27(28)30/h1-22H. The molecule has 0 amide bonds. The first-order valence-corrected chi connectivity index (χ1v) is 14.2. The van der Waals surface area contributed by atoms with E-state index < -0.39 is 0 Å². The second kappa shape index (κ2) is 9.29. The van der Waals surface area contributed by atoms with Gasteiger partial charge in [-0.1, -0.05) is 103 Å². The van der Waals surface area contributed by atoms with E-state index in [2.05, 4.69) is 71.7 Å². The number of benzene rings is 6. The van der Waals surface area contributed by atoms with E-state index in [9.17, 15) is 0 Å². The van der Waals surface area contributed by atoms with E-state index in [4.69, 9.17) is 19.4 Å². The lowest BCUT2D eigenvalue weighted by molar-refractivity contribution is 0.668. The summed E-state index contributed by atoms with van der Waals surface area (Å²) in [7, 11) is 0. The zero-order chi connectivity index (χ0) is 28.3. The van der Waals surface area contributed by atoms with Gasteiger partial charge in [0.05, 0.1) is 0 Å². The van der Waals surface area contributed by atoms with E-state index in [0.29, 0.717) is 17.5 Å². The molecule has 0 spiro atoms. The van der Waals surface area contributed by atoms with Gasteiger partial charge in [0.15, 0.2) is 17.5 Å². The van der Waals surface area contributed by atoms with Crippen LogP contribution in [0.5, 0.6) is 0 Å². The summed E-state index contributed by atoms with van der Waals surface area (Å²) in [6.45, 7) is 0. The molecule has 9 rings (SSSR count). The molecule has 0 aliphatic rings. The molecule has 200 valence electrons. The quantitative estimate of drug-likeness (QED) is 0.205. The summed E-state index contributed by atoms with van der Waals surface area (Å²) in [6, 6.07) is 41.6. The Bertz CT molecular complexity index is 2520. The van der Waals surface area contributed by atoms with Crippen LogP contribution in [-0.4, -0.2) is 19.9 Å². The maximum Gasteiger partial charge on any atom is 0.164 e. The highest BCUT2D eigenvalue weighted by Crippen LogP contribution is 2.39. The van der Waals surface area contributed by atoms with Crippen LogP contribution in [0.3, 0.4) is 0 Å². The summed E-state index contributed by atoms with van der Waals surface area (Å²) in [5.74, 6) is 1.83. The van der Waals surface area contributed by atoms with Crippen molar-refractivity contribution in [2.24, 2.45) is 0 Å². The molecule has 0 bridgehead atoms. The summed E-state index contributed by atoms with van der Waals surface area (Å²) < 4.78 is 6.17. The lowest BCUT2D eigenvalue weighted by Crippen LogP contribution is -2.01. The Morgan fingerprint density at radius 3 is 2.05 bits per heavy atom. The largest absolute Gasteiger partial charge is 0.456 e. The smallest absolute Gasteiger partial charge is 0.164 e. The summed E-state index contributed by atoms with van der Waals surface area (Å²) in [5, 5.41) is 8.97. The van der Waals surface area contributed by atoms with E-state index in [1.54, 1.807) is 6.20 Å². The topological polar surface area (TPSA) is 64.7 Å². The number of furan rings is 1. The number of pyridine rings is 1. The maximum atomic E-state index is 6.17. The Kier molecular flexibility index (Phi) is 5.13. The van der Waals surface area contributed by atoms with Gasteiger partial charge < -0.3 is 4.42 Å². The van der Waals surface area contributed by atoms with Gasteiger partial charge >= 0.3 is 0 Å². The number of fused-ring (bicyclic) bond motifs is 8. The Hall–Kier alpha value is -5.94. The van der Waals surface area contributed by atoms with E-state index in [1.165, 1.54) is 21.5 Å². The third kappa shape index (κ3) is 3.72. The molecule has 0 aliphatic heterocycles. The van der Waals surface area contributed by atoms with Gasteiger partial charge in [-0.2, -0.15) is 0 Å². The van der Waals surface area contributed by atoms with Crippen LogP contribution in [0, 0.1) is 0 Å². The van der Waals surface area contributed by atoms with Gasteiger partial charge in [0.25, 0.3) is 0 Å². The van der Waals surface area contributed by atoms with Gasteiger partial charge in [-0.25, -0.2) is 15.0 Å². The van der Waals surface area contributed by atoms with Gasteiger partial charge in [0, 0.05) is 39.9 Å². The van der Waals surface area contributed by atoms with Crippen LogP contribution in [0.25, 0.3) is 88.4 Å². The molecule has 0 saturated carbocycles. The molecule has 0 atom stereocenters. The highest BCUT2D eigenvalue weighted by Gasteiger charge is 2.19. The normalized spacial score (nSPS) is 11.7. The predicted molar refractivity (Wildman–Crippen MR) is 174 cm³/mol. The molecule has 5 nitrogen and oxygen atoms in total. The molecule has 0 saturated heterocycles. The van der Waals surface area contributed by atoms with E-state index >= 15 is 0 Å². The average molecular weight is 551 g/mol. The molecule has 0 aliphatic carbocycles. The van der Waals surface area contributed by atoms with Crippen molar-refractivity contribution in [3.05, 3.63) is 134 Å². The lowest BCUT2D eigenvalue weighted by Gasteiger charge is -2.14. The molecule has 0 N–H and O–H groups in total. The fraction of sp³-hybridized carbons (Fsp3) is 0. The number of hydrogen-bond acceptors (Lipinski definition) is 5. The average Bonchev–Trinajstić information content (AvgIpc) is 3.47. The summed E-state index contributed by atoms with van der Waals surface area (Å²) in [4.78, 5) is 19.7. The van der Waals surface area contributed by atoms with Crippen molar-refractivity contribution in [3.8, 4) is 34.2 Å². The minimum Gasteiger partial charge on any atom is -0.456 e. The van der Waals surface area contributed by atoms with Gasteiger partial charge in [-0.15, -0.1) is 0 Å². The Labute approximate surface area is 246 Å². The lowest BCUT2D eigenvalue weighted by atomic mass is 9.93. The van der Waals surface area contributed by atoms with E-state index in [1.807, 2.05) is 60.8 Å². The minimum atomic E-state index is 0.587. The summed E-state index contributed by atoms with van der Waals surface area (Å²) >= 11 is 0. The maximum absolute atomic E-state index is 6.17. The molecule has 43 heavy (non-hydrogen) atoms. The number of rotatable bonds is 3. The van der Waals surface area contributed by atoms with Gasteiger partial charge in [-0.3, -0.25) is 4.98 Å². The first-order chi connectivity index (χ1) is 21.3. The van der Waals surface area contributed by atoms with Crippen molar-refractivity contribution >= 4 is 54.3 Å². The monoisotopic (exact) mass is 550 g/mol. The van der Waals surface area contributed by atoms with E-state index in [-0.39, 0.29) is 0 Å². The molecule has 5 heteroatoms. The second-order valence-electron chi connectivity index (χ2n) is 10.7. The van der Waals surface area contributed by atoms with E-state index in [0.717, 1.165) is 49.4 Å². The molecular weight excluding hydrogens is 528 g/mol. The number of hydrogen-bond donors (Lipinski definition) is 0. The van der Waals surface area contributed by atoms with Crippen molar-refractivity contribution in [2.75, 3.05) is 0 Å². The Balaban J connectivity index is 1.38. The number of nitrogens with zero attached hydrogens (tertiary/aromatic N) is 4. The van der Waals surface area contributed by atoms with Crippen LogP contribution >= 0.6 is 0 Å². The Morgan fingerprint density at radius 2 is 1.16 bits per heavy atom. The first-order valence-electron chi connectivity index (χ1n) is 14.2. The van der Waals surface area contributed by atoms with Crippen LogP contribution in [0.1, 0.15) is 0 Å². The molecule has 0 radical (unpaired) electrons. The van der Waals surface area contributed by atoms with Crippen LogP contribution < -0.4 is 0 Å². The van der Waals surface area contributed by atoms with Crippen LogP contribution in [-0.2, 0) is 0 Å². The molecule has 3 heterocycles. The Morgan fingerprint density at radius 1 is 0.442 bits per heavy atom. The fourth-order valence-corrected chi connectivity index (χ4v) is 6.25. The molecule has 6 aromatic carbocycles. The summed E-state index contributed by atoms with van der Waals surface area (Å²) in [6.07, 6.45) is 3.58. The molecule has 0 fully saturated rings. The highest BCUT2D eigenvalue weighted by atomic mass is 16.3. The van der Waals surface area contributed by atoms with Crippen molar-refractivity contribution in [2.45, 2.75) is 0 Å². The van der Waals surface area contributed by atoms with Crippen LogP contribution in [0.4, 0.5) is 0 Å². The summed E-state index contributed by atoms with van der Waals surface area (Å²) in [5.41, 5.74) is 4.31. The third-order valence-corrected chi connectivity index (χ3v) is 8.19. The molecule has 3 aromatic heterocycles. The number of aromatic nitrogens is 4. The van der Waals surface area contributed by atoms with Crippen LogP contribution in [0.15, 0.2) is 138 Å². The first kappa shape index (κ1) is 23.7. The molecule has 9 aromatic rings. The van der Waals surface area contributed by atoms with Crippen molar-refractivity contribution < 1.29 is 4.42 Å². The minimum absolute atomic E-state index is 0.587. The molecule has 0 unspecified atom stereocenters. The van der Waals surface area contributed by atoms with Crippen LogP contribution in [0.2, 0.25) is 0 Å². The predicted octanol–water partition coefficient (Wildman–Crippen LogP) is 9.63.